The van der Waals surface area contributed by atoms with Crippen molar-refractivity contribution in [2.75, 3.05) is 13.2 Å². The van der Waals surface area contributed by atoms with E-state index < -0.39 is 6.04 Å². The lowest BCUT2D eigenvalue weighted by Crippen LogP contribution is -2.29. The Balaban J connectivity index is 1.88. The number of nitriles is 1. The first kappa shape index (κ1) is 15.5. The molecule has 3 rings (SSSR count). The number of nitrogens with zero attached hydrogens (tertiary/aromatic N) is 2. The number of fused-ring (bicyclic) bond motifs is 3. The Morgan fingerprint density at radius 1 is 1.26 bits per heavy atom. The van der Waals surface area contributed by atoms with Gasteiger partial charge >= 0.3 is 0 Å². The number of rotatable bonds is 5. The molecular formula is C19H20N2O2. The van der Waals surface area contributed by atoms with Crippen molar-refractivity contribution in [3.8, 4) is 6.07 Å². The monoisotopic (exact) mass is 308 g/mol. The Bertz CT molecular complexity index is 777. The van der Waals surface area contributed by atoms with Crippen LogP contribution in [0.25, 0.3) is 10.8 Å². The van der Waals surface area contributed by atoms with Gasteiger partial charge in [-0.1, -0.05) is 36.4 Å². The number of carbonyl (C=O) groups is 1. The van der Waals surface area contributed by atoms with Crippen LogP contribution in [-0.2, 0) is 4.74 Å². The minimum absolute atomic E-state index is 0.0482. The van der Waals surface area contributed by atoms with Crippen LogP contribution in [0, 0.1) is 11.3 Å². The molecule has 0 fully saturated rings. The molecule has 0 N–H and O–H groups in total. The van der Waals surface area contributed by atoms with Crippen molar-refractivity contribution in [1.29, 1.82) is 5.26 Å². The maximum Gasteiger partial charge on any atom is 0.256 e. The fraction of sp³-hybridized carbons (Fsp3) is 0.368. The zero-order valence-electron chi connectivity index (χ0n) is 13.5. The van der Waals surface area contributed by atoms with Crippen LogP contribution in [0.5, 0.6) is 0 Å². The molecule has 4 heteroatoms. The molecule has 0 aromatic heterocycles. The van der Waals surface area contributed by atoms with Gasteiger partial charge in [0.2, 0.25) is 0 Å². The summed E-state index contributed by atoms with van der Waals surface area (Å²) >= 11 is 0. The lowest BCUT2D eigenvalue weighted by molar-refractivity contribution is 0.0612. The molecule has 1 aliphatic heterocycles. The Morgan fingerprint density at radius 2 is 2.04 bits per heavy atom. The third kappa shape index (κ3) is 2.80. The first-order chi connectivity index (χ1) is 11.1. The van der Waals surface area contributed by atoms with Gasteiger partial charge in [0.25, 0.3) is 5.91 Å². The van der Waals surface area contributed by atoms with E-state index in [-0.39, 0.29) is 12.0 Å². The summed E-state index contributed by atoms with van der Waals surface area (Å²) < 4.78 is 5.53. The van der Waals surface area contributed by atoms with Crippen molar-refractivity contribution in [1.82, 2.24) is 4.90 Å². The molecule has 1 atom stereocenters. The highest BCUT2D eigenvalue weighted by Gasteiger charge is 2.37. The summed E-state index contributed by atoms with van der Waals surface area (Å²) in [6.07, 6.45) is 0.908. The highest BCUT2D eigenvalue weighted by molar-refractivity contribution is 6.11. The zero-order valence-corrected chi connectivity index (χ0v) is 13.5. The van der Waals surface area contributed by atoms with E-state index in [1.54, 1.807) is 4.90 Å². The highest BCUT2D eigenvalue weighted by atomic mass is 16.5. The summed E-state index contributed by atoms with van der Waals surface area (Å²) in [4.78, 5) is 14.5. The van der Waals surface area contributed by atoms with Gasteiger partial charge in [-0.15, -0.1) is 0 Å². The second-order valence-electron chi connectivity index (χ2n) is 6.05. The van der Waals surface area contributed by atoms with E-state index in [1.165, 1.54) is 0 Å². The Hall–Kier alpha value is -2.38. The minimum atomic E-state index is -0.499. The first-order valence-corrected chi connectivity index (χ1v) is 7.97. The maximum atomic E-state index is 12.8. The summed E-state index contributed by atoms with van der Waals surface area (Å²) in [6, 6.07) is 13.5. The number of amides is 1. The van der Waals surface area contributed by atoms with Gasteiger partial charge in [0.1, 0.15) is 6.04 Å². The topological polar surface area (TPSA) is 53.3 Å². The standard InChI is InChI=1S/C19H20N2O2/c1-13(2)23-11-5-10-21-17(12-20)16-9-8-14-6-3-4-7-15(14)18(16)19(21)22/h3-4,6-9,13,17H,5,10-11H2,1-2H3. The van der Waals surface area contributed by atoms with Gasteiger partial charge in [0, 0.05) is 18.7 Å². The maximum absolute atomic E-state index is 12.8. The van der Waals surface area contributed by atoms with Crippen LogP contribution < -0.4 is 0 Å². The minimum Gasteiger partial charge on any atom is -0.379 e. The summed E-state index contributed by atoms with van der Waals surface area (Å²) in [5.74, 6) is -0.0482. The summed E-state index contributed by atoms with van der Waals surface area (Å²) in [6.45, 7) is 5.10. The molecule has 2 aromatic rings. The predicted octanol–water partition coefficient (Wildman–Crippen LogP) is 3.68. The molecule has 0 saturated heterocycles. The number of hydrogen-bond acceptors (Lipinski definition) is 3. The Labute approximate surface area is 136 Å². The molecule has 0 saturated carbocycles. The van der Waals surface area contributed by atoms with Crippen LogP contribution in [0.15, 0.2) is 36.4 Å². The van der Waals surface area contributed by atoms with Gasteiger partial charge in [-0.2, -0.15) is 5.26 Å². The van der Waals surface area contributed by atoms with E-state index in [9.17, 15) is 10.1 Å². The normalized spacial score (nSPS) is 16.9. The molecule has 1 heterocycles. The van der Waals surface area contributed by atoms with Crippen LogP contribution in [0.1, 0.15) is 42.2 Å². The van der Waals surface area contributed by atoms with Gasteiger partial charge in [-0.3, -0.25) is 4.79 Å². The quantitative estimate of drug-likeness (QED) is 0.792. The molecule has 0 spiro atoms. The molecule has 1 unspecified atom stereocenters. The van der Waals surface area contributed by atoms with Crippen LogP contribution in [0.2, 0.25) is 0 Å². The fourth-order valence-corrected chi connectivity index (χ4v) is 3.11. The number of carbonyl (C=O) groups excluding carboxylic acids is 1. The molecule has 0 aliphatic carbocycles. The second-order valence-corrected chi connectivity index (χ2v) is 6.05. The lowest BCUT2D eigenvalue weighted by atomic mass is 9.98. The van der Waals surface area contributed by atoms with E-state index in [2.05, 4.69) is 6.07 Å². The number of benzene rings is 2. The van der Waals surface area contributed by atoms with E-state index in [0.29, 0.717) is 18.7 Å². The largest absolute Gasteiger partial charge is 0.379 e. The second kappa shape index (κ2) is 6.39. The smallest absolute Gasteiger partial charge is 0.256 e. The van der Waals surface area contributed by atoms with E-state index in [1.807, 2.05) is 50.2 Å². The average Bonchev–Trinajstić information content (AvgIpc) is 2.83. The zero-order chi connectivity index (χ0) is 16.4. The number of hydrogen-bond donors (Lipinski definition) is 0. The summed E-state index contributed by atoms with van der Waals surface area (Å²) in [5.41, 5.74) is 1.50. The molecule has 2 aromatic carbocycles. The van der Waals surface area contributed by atoms with E-state index >= 15 is 0 Å². The third-order valence-corrected chi connectivity index (χ3v) is 4.16. The van der Waals surface area contributed by atoms with E-state index in [4.69, 9.17) is 4.74 Å². The summed E-state index contributed by atoms with van der Waals surface area (Å²) in [5, 5.41) is 11.5. The van der Waals surface area contributed by atoms with Crippen LogP contribution >= 0.6 is 0 Å². The van der Waals surface area contributed by atoms with Crippen LogP contribution in [0.3, 0.4) is 0 Å². The first-order valence-electron chi connectivity index (χ1n) is 7.97. The number of ether oxygens (including phenoxy) is 1. The molecule has 118 valence electrons. The van der Waals surface area contributed by atoms with Gasteiger partial charge in [-0.25, -0.2) is 0 Å². The van der Waals surface area contributed by atoms with Crippen molar-refractivity contribution in [3.63, 3.8) is 0 Å². The lowest BCUT2D eigenvalue weighted by Gasteiger charge is -2.20. The van der Waals surface area contributed by atoms with Crippen molar-refractivity contribution in [2.24, 2.45) is 0 Å². The van der Waals surface area contributed by atoms with Crippen LogP contribution in [-0.4, -0.2) is 30.1 Å². The molecule has 1 aliphatic rings. The van der Waals surface area contributed by atoms with Gasteiger partial charge in [-0.05, 0) is 31.0 Å². The van der Waals surface area contributed by atoms with Crippen LogP contribution in [0.4, 0.5) is 0 Å². The van der Waals surface area contributed by atoms with Gasteiger partial charge < -0.3 is 9.64 Å². The summed E-state index contributed by atoms with van der Waals surface area (Å²) in [7, 11) is 0. The van der Waals surface area contributed by atoms with Crippen molar-refractivity contribution >= 4 is 16.7 Å². The van der Waals surface area contributed by atoms with Gasteiger partial charge in [0.15, 0.2) is 0 Å². The van der Waals surface area contributed by atoms with Crippen molar-refractivity contribution in [3.05, 3.63) is 47.5 Å². The van der Waals surface area contributed by atoms with Crippen molar-refractivity contribution in [2.45, 2.75) is 32.4 Å². The molecule has 4 nitrogen and oxygen atoms in total. The van der Waals surface area contributed by atoms with Gasteiger partial charge in [0.05, 0.1) is 17.7 Å². The predicted molar refractivity (Wildman–Crippen MR) is 89.0 cm³/mol. The molecule has 23 heavy (non-hydrogen) atoms. The molecule has 0 radical (unpaired) electrons. The Kier molecular flexibility index (Phi) is 4.31. The molecular weight excluding hydrogens is 288 g/mol. The fourth-order valence-electron chi connectivity index (χ4n) is 3.11. The third-order valence-electron chi connectivity index (χ3n) is 4.16. The average molecular weight is 308 g/mol. The van der Waals surface area contributed by atoms with E-state index in [0.717, 1.165) is 22.8 Å². The molecule has 1 amide bonds. The highest BCUT2D eigenvalue weighted by Crippen LogP contribution is 2.37. The Morgan fingerprint density at radius 3 is 2.78 bits per heavy atom. The molecule has 0 bridgehead atoms. The SMILES string of the molecule is CC(C)OCCCN1C(=O)c2c(ccc3ccccc23)C1C#N. The van der Waals surface area contributed by atoms with Crippen molar-refractivity contribution < 1.29 is 9.53 Å².